The number of benzene rings is 1. The van der Waals surface area contributed by atoms with Gasteiger partial charge < -0.3 is 5.32 Å². The van der Waals surface area contributed by atoms with Crippen molar-refractivity contribution in [1.29, 1.82) is 0 Å². The lowest BCUT2D eigenvalue weighted by molar-refractivity contribution is 0.588. The molecule has 2 aromatic rings. The van der Waals surface area contributed by atoms with Gasteiger partial charge in [0.2, 0.25) is 0 Å². The van der Waals surface area contributed by atoms with E-state index in [1.807, 2.05) is 10.9 Å². The van der Waals surface area contributed by atoms with Gasteiger partial charge in [-0.3, -0.25) is 4.68 Å². The summed E-state index contributed by atoms with van der Waals surface area (Å²) in [5, 5.41) is 7.78. The molecule has 0 fully saturated rings. The van der Waals surface area contributed by atoms with Gasteiger partial charge in [0.05, 0.1) is 12.7 Å². The molecule has 1 heterocycles. The number of halogens is 1. The summed E-state index contributed by atoms with van der Waals surface area (Å²) in [6, 6.07) is 9.05. The van der Waals surface area contributed by atoms with Crippen molar-refractivity contribution >= 4 is 22.6 Å². The van der Waals surface area contributed by atoms with E-state index in [4.69, 9.17) is 0 Å². The van der Waals surface area contributed by atoms with Gasteiger partial charge in [0.1, 0.15) is 0 Å². The van der Waals surface area contributed by atoms with E-state index in [1.165, 1.54) is 14.7 Å². The second kappa shape index (κ2) is 6.33. The molecule has 0 aliphatic carbocycles. The standard InChI is InChI=1S/C14H18IN3/c1-11(2)16-7-13-8-17-18(10-13)9-12-3-5-14(15)6-4-12/h3-6,8,10-11,16H,7,9H2,1-2H3. The maximum atomic E-state index is 4.39. The molecule has 96 valence electrons. The molecule has 2 rings (SSSR count). The maximum Gasteiger partial charge on any atom is 0.0659 e. The summed E-state index contributed by atoms with van der Waals surface area (Å²) >= 11 is 2.32. The predicted molar refractivity (Wildman–Crippen MR) is 82.5 cm³/mol. The summed E-state index contributed by atoms with van der Waals surface area (Å²) in [6.07, 6.45) is 4.04. The van der Waals surface area contributed by atoms with E-state index in [-0.39, 0.29) is 0 Å². The Hall–Kier alpha value is -0.880. The Morgan fingerprint density at radius 1 is 1.22 bits per heavy atom. The normalized spacial score (nSPS) is 11.1. The van der Waals surface area contributed by atoms with Gasteiger partial charge in [-0.05, 0) is 40.3 Å². The zero-order valence-corrected chi connectivity index (χ0v) is 12.9. The van der Waals surface area contributed by atoms with Crippen LogP contribution in [0.5, 0.6) is 0 Å². The molecule has 0 unspecified atom stereocenters. The number of aromatic nitrogens is 2. The maximum absolute atomic E-state index is 4.39. The van der Waals surface area contributed by atoms with Crippen molar-refractivity contribution in [2.24, 2.45) is 0 Å². The molecule has 1 aromatic heterocycles. The van der Waals surface area contributed by atoms with Gasteiger partial charge >= 0.3 is 0 Å². The highest BCUT2D eigenvalue weighted by atomic mass is 127. The van der Waals surface area contributed by atoms with Crippen molar-refractivity contribution in [3.63, 3.8) is 0 Å². The summed E-state index contributed by atoms with van der Waals surface area (Å²) in [5.74, 6) is 0. The highest BCUT2D eigenvalue weighted by molar-refractivity contribution is 14.1. The zero-order chi connectivity index (χ0) is 13.0. The summed E-state index contributed by atoms with van der Waals surface area (Å²) in [6.45, 7) is 6.01. The van der Waals surface area contributed by atoms with Crippen LogP contribution in [0.25, 0.3) is 0 Å². The molecule has 0 bridgehead atoms. The van der Waals surface area contributed by atoms with Crippen molar-refractivity contribution in [3.05, 3.63) is 51.4 Å². The first-order valence-corrected chi connectivity index (χ1v) is 7.20. The lowest BCUT2D eigenvalue weighted by atomic mass is 10.2. The third kappa shape index (κ3) is 4.10. The van der Waals surface area contributed by atoms with E-state index < -0.39 is 0 Å². The molecular formula is C14H18IN3. The molecule has 0 saturated carbocycles. The number of nitrogens with zero attached hydrogens (tertiary/aromatic N) is 2. The van der Waals surface area contributed by atoms with Gasteiger partial charge in [-0.1, -0.05) is 26.0 Å². The quantitative estimate of drug-likeness (QED) is 0.836. The molecule has 1 N–H and O–H groups in total. The Bertz CT molecular complexity index is 488. The number of rotatable bonds is 5. The van der Waals surface area contributed by atoms with Crippen LogP contribution >= 0.6 is 22.6 Å². The van der Waals surface area contributed by atoms with Gasteiger partial charge in [0.25, 0.3) is 0 Å². The second-order valence-corrected chi connectivity index (χ2v) is 5.95. The predicted octanol–water partition coefficient (Wildman–Crippen LogP) is 3.03. The van der Waals surface area contributed by atoms with E-state index in [0.717, 1.165) is 13.1 Å². The van der Waals surface area contributed by atoms with Gasteiger partial charge in [-0.15, -0.1) is 0 Å². The Morgan fingerprint density at radius 3 is 2.61 bits per heavy atom. The second-order valence-electron chi connectivity index (χ2n) is 4.71. The van der Waals surface area contributed by atoms with E-state index >= 15 is 0 Å². The fourth-order valence-electron chi connectivity index (χ4n) is 1.68. The van der Waals surface area contributed by atoms with Crippen molar-refractivity contribution in [2.45, 2.75) is 33.0 Å². The molecule has 4 heteroatoms. The molecule has 0 aliphatic rings. The van der Waals surface area contributed by atoms with Crippen LogP contribution in [0.4, 0.5) is 0 Å². The van der Waals surface area contributed by atoms with E-state index in [9.17, 15) is 0 Å². The minimum atomic E-state index is 0.504. The fourth-order valence-corrected chi connectivity index (χ4v) is 2.04. The van der Waals surface area contributed by atoms with Crippen LogP contribution < -0.4 is 5.32 Å². The largest absolute Gasteiger partial charge is 0.310 e. The molecule has 0 amide bonds. The van der Waals surface area contributed by atoms with Crippen LogP contribution in [0.15, 0.2) is 36.7 Å². The minimum Gasteiger partial charge on any atom is -0.310 e. The van der Waals surface area contributed by atoms with Gasteiger partial charge in [-0.25, -0.2) is 0 Å². The Morgan fingerprint density at radius 2 is 1.94 bits per heavy atom. The van der Waals surface area contributed by atoms with Gasteiger partial charge in [-0.2, -0.15) is 5.10 Å². The molecule has 0 saturated heterocycles. The van der Waals surface area contributed by atoms with Gasteiger partial charge in [0, 0.05) is 27.9 Å². The monoisotopic (exact) mass is 355 g/mol. The van der Waals surface area contributed by atoms with E-state index in [0.29, 0.717) is 6.04 Å². The number of hydrogen-bond donors (Lipinski definition) is 1. The smallest absolute Gasteiger partial charge is 0.0659 e. The third-order valence-electron chi connectivity index (χ3n) is 2.66. The van der Waals surface area contributed by atoms with Crippen LogP contribution in [0.3, 0.4) is 0 Å². The topological polar surface area (TPSA) is 29.9 Å². The summed E-state index contributed by atoms with van der Waals surface area (Å²) in [7, 11) is 0. The zero-order valence-electron chi connectivity index (χ0n) is 10.7. The average molecular weight is 355 g/mol. The molecule has 1 aromatic carbocycles. The Labute approximate surface area is 122 Å². The van der Waals surface area contributed by atoms with E-state index in [1.54, 1.807) is 0 Å². The molecule has 18 heavy (non-hydrogen) atoms. The van der Waals surface area contributed by atoms with E-state index in [2.05, 4.69) is 77.3 Å². The summed E-state index contributed by atoms with van der Waals surface area (Å²) in [5.41, 5.74) is 2.51. The number of hydrogen-bond acceptors (Lipinski definition) is 2. The van der Waals surface area contributed by atoms with Crippen LogP contribution in [0, 0.1) is 3.57 Å². The summed E-state index contributed by atoms with van der Waals surface area (Å²) < 4.78 is 3.25. The molecular weight excluding hydrogens is 337 g/mol. The molecule has 3 nitrogen and oxygen atoms in total. The fraction of sp³-hybridized carbons (Fsp3) is 0.357. The number of nitrogens with one attached hydrogen (secondary N) is 1. The lowest BCUT2D eigenvalue weighted by Gasteiger charge is -2.05. The minimum absolute atomic E-state index is 0.504. The van der Waals surface area contributed by atoms with Crippen molar-refractivity contribution < 1.29 is 0 Å². The molecule has 0 radical (unpaired) electrons. The average Bonchev–Trinajstić information content (AvgIpc) is 2.77. The molecule has 0 spiro atoms. The molecule has 0 aliphatic heterocycles. The van der Waals surface area contributed by atoms with Crippen LogP contribution in [-0.4, -0.2) is 15.8 Å². The van der Waals surface area contributed by atoms with Crippen molar-refractivity contribution in [2.75, 3.05) is 0 Å². The highest BCUT2D eigenvalue weighted by Crippen LogP contribution is 2.08. The van der Waals surface area contributed by atoms with Crippen LogP contribution in [0.2, 0.25) is 0 Å². The third-order valence-corrected chi connectivity index (χ3v) is 3.38. The first-order chi connectivity index (χ1) is 8.63. The Kier molecular flexibility index (Phi) is 4.77. The lowest BCUT2D eigenvalue weighted by Crippen LogP contribution is -2.21. The molecule has 0 atom stereocenters. The SMILES string of the molecule is CC(C)NCc1cnn(Cc2ccc(I)cc2)c1. The first kappa shape index (κ1) is 13.5. The highest BCUT2D eigenvalue weighted by Gasteiger charge is 2.01. The Balaban J connectivity index is 1.95. The summed E-state index contributed by atoms with van der Waals surface area (Å²) in [4.78, 5) is 0. The van der Waals surface area contributed by atoms with Crippen LogP contribution in [-0.2, 0) is 13.1 Å². The van der Waals surface area contributed by atoms with Crippen molar-refractivity contribution in [1.82, 2.24) is 15.1 Å². The van der Waals surface area contributed by atoms with Crippen molar-refractivity contribution in [3.8, 4) is 0 Å². The first-order valence-electron chi connectivity index (χ1n) is 6.12. The van der Waals surface area contributed by atoms with Crippen LogP contribution in [0.1, 0.15) is 25.0 Å². The van der Waals surface area contributed by atoms with Gasteiger partial charge in [0.15, 0.2) is 0 Å².